The Morgan fingerprint density at radius 2 is 1.42 bits per heavy atom. The van der Waals surface area contributed by atoms with Crippen LogP contribution >= 0.6 is 22.9 Å². The summed E-state index contributed by atoms with van der Waals surface area (Å²) < 4.78 is 1.65. The SMILES string of the molecule is O=C(O)CCN(I)CCC(=O)O. The molecule has 0 aliphatic heterocycles. The summed E-state index contributed by atoms with van der Waals surface area (Å²) in [6.45, 7) is 0.756. The van der Waals surface area contributed by atoms with E-state index in [1.165, 1.54) is 0 Å². The quantitative estimate of drug-likeness (QED) is 0.552. The van der Waals surface area contributed by atoms with Crippen LogP contribution in [0.2, 0.25) is 0 Å². The van der Waals surface area contributed by atoms with Crippen molar-refractivity contribution in [2.24, 2.45) is 0 Å². The van der Waals surface area contributed by atoms with Crippen LogP contribution in [0.25, 0.3) is 0 Å². The van der Waals surface area contributed by atoms with Crippen LogP contribution in [0, 0.1) is 0 Å². The molecular formula is C6H10INO4. The molecule has 0 radical (unpaired) electrons. The first kappa shape index (κ1) is 11.6. The van der Waals surface area contributed by atoms with E-state index in [9.17, 15) is 9.59 Å². The van der Waals surface area contributed by atoms with E-state index in [0.717, 1.165) is 0 Å². The number of hydrogen-bond acceptors (Lipinski definition) is 3. The second-order valence-electron chi connectivity index (χ2n) is 2.20. The van der Waals surface area contributed by atoms with Gasteiger partial charge in [-0.25, -0.2) is 3.11 Å². The Bertz CT molecular complexity index is 155. The molecule has 0 aromatic heterocycles. The predicted molar refractivity (Wildman–Crippen MR) is 50.1 cm³/mol. The van der Waals surface area contributed by atoms with Crippen molar-refractivity contribution in [2.75, 3.05) is 13.1 Å². The maximum Gasteiger partial charge on any atom is 0.304 e. The lowest BCUT2D eigenvalue weighted by molar-refractivity contribution is -0.137. The predicted octanol–water partition coefficient (Wildman–Crippen LogP) is 0.588. The fourth-order valence-corrected chi connectivity index (χ4v) is 1.03. The Kier molecular flexibility index (Phi) is 5.99. The summed E-state index contributed by atoms with van der Waals surface area (Å²) in [6.07, 6.45) is 0.0884. The maximum atomic E-state index is 10.1. The van der Waals surface area contributed by atoms with E-state index in [0.29, 0.717) is 13.1 Å². The molecule has 0 amide bonds. The molecule has 0 heterocycles. The minimum Gasteiger partial charge on any atom is -0.481 e. The van der Waals surface area contributed by atoms with Crippen molar-refractivity contribution in [1.29, 1.82) is 0 Å². The van der Waals surface area contributed by atoms with E-state index in [1.807, 2.05) is 22.9 Å². The van der Waals surface area contributed by atoms with Gasteiger partial charge in [-0.1, -0.05) is 0 Å². The van der Waals surface area contributed by atoms with Crippen LogP contribution < -0.4 is 0 Å². The molecule has 12 heavy (non-hydrogen) atoms. The topological polar surface area (TPSA) is 77.8 Å². The molecule has 0 fully saturated rings. The second kappa shape index (κ2) is 6.18. The Morgan fingerprint density at radius 1 is 1.08 bits per heavy atom. The molecule has 0 aliphatic rings. The van der Waals surface area contributed by atoms with Crippen LogP contribution in [0.3, 0.4) is 0 Å². The largest absolute Gasteiger partial charge is 0.481 e. The van der Waals surface area contributed by atoms with Gasteiger partial charge in [-0.3, -0.25) is 9.59 Å². The lowest BCUT2D eigenvalue weighted by Gasteiger charge is -2.10. The van der Waals surface area contributed by atoms with E-state index < -0.39 is 11.9 Å². The fourth-order valence-electron chi connectivity index (χ4n) is 0.546. The molecule has 0 saturated heterocycles. The molecule has 0 aromatic carbocycles. The molecule has 5 nitrogen and oxygen atoms in total. The van der Waals surface area contributed by atoms with Gasteiger partial charge >= 0.3 is 11.9 Å². The van der Waals surface area contributed by atoms with Gasteiger partial charge in [-0.2, -0.15) is 0 Å². The summed E-state index contributed by atoms with van der Waals surface area (Å²) in [6, 6.07) is 0. The van der Waals surface area contributed by atoms with Crippen LogP contribution in [0.5, 0.6) is 0 Å². The molecule has 70 valence electrons. The van der Waals surface area contributed by atoms with E-state index in [-0.39, 0.29) is 12.8 Å². The van der Waals surface area contributed by atoms with E-state index in [4.69, 9.17) is 10.2 Å². The molecule has 0 spiro atoms. The molecular weight excluding hydrogens is 277 g/mol. The molecule has 0 rings (SSSR count). The molecule has 6 heteroatoms. The van der Waals surface area contributed by atoms with Crippen molar-refractivity contribution in [3.8, 4) is 0 Å². The minimum atomic E-state index is -0.869. The molecule has 0 saturated carbocycles. The third-order valence-corrected chi connectivity index (χ3v) is 2.10. The first-order chi connectivity index (χ1) is 5.52. The lowest BCUT2D eigenvalue weighted by atomic mass is 10.4. The minimum absolute atomic E-state index is 0.0442. The summed E-state index contributed by atoms with van der Waals surface area (Å²) in [5.74, 6) is -1.74. The number of hydrogen-bond donors (Lipinski definition) is 2. The van der Waals surface area contributed by atoms with Crippen LogP contribution in [0.15, 0.2) is 0 Å². The summed E-state index contributed by atoms with van der Waals surface area (Å²) in [4.78, 5) is 20.2. The van der Waals surface area contributed by atoms with E-state index >= 15 is 0 Å². The van der Waals surface area contributed by atoms with Gasteiger partial charge in [0, 0.05) is 36.0 Å². The highest BCUT2D eigenvalue weighted by atomic mass is 127. The maximum absolute atomic E-state index is 10.1. The third kappa shape index (κ3) is 7.73. The highest BCUT2D eigenvalue weighted by Gasteiger charge is 2.05. The summed E-state index contributed by atoms with van der Waals surface area (Å²) in [7, 11) is 0. The molecule has 0 aliphatic carbocycles. The zero-order valence-electron chi connectivity index (χ0n) is 6.36. The first-order valence-corrected chi connectivity index (χ1v) is 4.33. The van der Waals surface area contributed by atoms with Gasteiger partial charge in [0.2, 0.25) is 0 Å². The second-order valence-corrected chi connectivity index (χ2v) is 3.56. The Morgan fingerprint density at radius 3 is 1.67 bits per heavy atom. The number of carboxylic acids is 2. The molecule has 0 unspecified atom stereocenters. The Hall–Kier alpha value is -0.370. The average Bonchev–Trinajstić information content (AvgIpc) is 1.96. The zero-order valence-corrected chi connectivity index (χ0v) is 8.52. The van der Waals surface area contributed by atoms with Crippen molar-refractivity contribution < 1.29 is 19.8 Å². The Balaban J connectivity index is 3.39. The molecule has 0 atom stereocenters. The number of aliphatic carboxylic acids is 2. The van der Waals surface area contributed by atoms with Crippen molar-refractivity contribution in [2.45, 2.75) is 12.8 Å². The van der Waals surface area contributed by atoms with Gasteiger partial charge in [-0.05, 0) is 0 Å². The average molecular weight is 287 g/mol. The standard InChI is InChI=1S/C6H10INO4/c7-8(3-1-5(9)10)4-2-6(11)12/h1-4H2,(H,9,10)(H,11,12). The lowest BCUT2D eigenvalue weighted by Crippen LogP contribution is -2.19. The van der Waals surface area contributed by atoms with E-state index in [2.05, 4.69) is 0 Å². The highest BCUT2D eigenvalue weighted by molar-refractivity contribution is 14.1. The van der Waals surface area contributed by atoms with Gasteiger partial charge in [-0.15, -0.1) is 0 Å². The van der Waals surface area contributed by atoms with Crippen LogP contribution in [0.1, 0.15) is 12.8 Å². The molecule has 0 aromatic rings. The monoisotopic (exact) mass is 287 g/mol. The highest BCUT2D eigenvalue weighted by Crippen LogP contribution is 2.01. The first-order valence-electron chi connectivity index (χ1n) is 3.36. The van der Waals surface area contributed by atoms with Crippen molar-refractivity contribution in [1.82, 2.24) is 3.11 Å². The normalized spacial score (nSPS) is 10.2. The summed E-state index contributed by atoms with van der Waals surface area (Å²) in [5.41, 5.74) is 0. The van der Waals surface area contributed by atoms with Gasteiger partial charge in [0.15, 0.2) is 0 Å². The fraction of sp³-hybridized carbons (Fsp3) is 0.667. The summed E-state index contributed by atoms with van der Waals surface area (Å²) in [5, 5.41) is 16.6. The number of nitrogens with zero attached hydrogens (tertiary/aromatic N) is 1. The zero-order chi connectivity index (χ0) is 9.56. The van der Waals surface area contributed by atoms with E-state index in [1.54, 1.807) is 3.11 Å². The van der Waals surface area contributed by atoms with Crippen LogP contribution in [0.4, 0.5) is 0 Å². The van der Waals surface area contributed by atoms with Gasteiger partial charge < -0.3 is 10.2 Å². The van der Waals surface area contributed by atoms with Gasteiger partial charge in [0.1, 0.15) is 0 Å². The number of carbonyl (C=O) groups is 2. The number of rotatable bonds is 6. The van der Waals surface area contributed by atoms with Crippen LogP contribution in [-0.4, -0.2) is 38.4 Å². The third-order valence-electron chi connectivity index (χ3n) is 1.14. The smallest absolute Gasteiger partial charge is 0.304 e. The van der Waals surface area contributed by atoms with Gasteiger partial charge in [0.25, 0.3) is 0 Å². The van der Waals surface area contributed by atoms with Crippen molar-refractivity contribution >= 4 is 34.8 Å². The molecule has 2 N–H and O–H groups in total. The number of halogens is 1. The summed E-state index contributed by atoms with van der Waals surface area (Å²) >= 11 is 1.91. The number of carboxylic acid groups (broad SMARTS) is 2. The van der Waals surface area contributed by atoms with Crippen molar-refractivity contribution in [3.05, 3.63) is 0 Å². The van der Waals surface area contributed by atoms with Gasteiger partial charge in [0.05, 0.1) is 12.8 Å². The van der Waals surface area contributed by atoms with Crippen molar-refractivity contribution in [3.63, 3.8) is 0 Å². The molecule has 0 bridgehead atoms. The van der Waals surface area contributed by atoms with Crippen LogP contribution in [-0.2, 0) is 9.59 Å². The Labute approximate surface area is 83.9 Å².